The van der Waals surface area contributed by atoms with E-state index in [0.717, 1.165) is 6.07 Å². The van der Waals surface area contributed by atoms with Crippen molar-refractivity contribution in [1.29, 1.82) is 0 Å². The molecule has 0 aliphatic carbocycles. The second-order valence-corrected chi connectivity index (χ2v) is 5.27. The monoisotopic (exact) mass is 378 g/mol. The van der Waals surface area contributed by atoms with Gasteiger partial charge in [-0.15, -0.1) is 0 Å². The molecule has 0 radical (unpaired) electrons. The van der Waals surface area contributed by atoms with Crippen LogP contribution in [0.3, 0.4) is 0 Å². The number of nitrogens with one attached hydrogen (secondary N) is 1. The van der Waals surface area contributed by atoms with Crippen LogP contribution in [-0.2, 0) is 4.79 Å². The lowest BCUT2D eigenvalue weighted by atomic mass is 10.2. The molecule has 0 spiro atoms. The third kappa shape index (κ3) is 4.36. The fourth-order valence-electron chi connectivity index (χ4n) is 1.76. The van der Waals surface area contributed by atoms with Crippen LogP contribution in [-0.4, -0.2) is 23.7 Å². The predicted octanol–water partition coefficient (Wildman–Crippen LogP) is 3.19. The quantitative estimate of drug-likeness (QED) is 0.472. The molecule has 0 heterocycles. The van der Waals surface area contributed by atoms with Crippen LogP contribution < -0.4 is 10.1 Å². The molecule has 0 saturated heterocycles. The highest BCUT2D eigenvalue weighted by atomic mass is 79.9. The Balaban J connectivity index is 2.06. The zero-order valence-corrected chi connectivity index (χ0v) is 13.3. The molecule has 0 saturated carbocycles. The topological polar surface area (TPSA) is 98.5 Å². The second kappa shape index (κ2) is 7.50. The fraction of sp³-hybridized carbons (Fsp3) is 0.0667. The second-order valence-electron chi connectivity index (χ2n) is 4.42. The minimum absolute atomic E-state index is 0.0807. The van der Waals surface area contributed by atoms with Crippen molar-refractivity contribution in [2.75, 3.05) is 11.9 Å². The van der Waals surface area contributed by atoms with E-state index in [-0.39, 0.29) is 17.0 Å². The third-order valence-electron chi connectivity index (χ3n) is 2.82. The van der Waals surface area contributed by atoms with Crippen LogP contribution in [0.2, 0.25) is 0 Å². The summed E-state index contributed by atoms with van der Waals surface area (Å²) >= 11 is 3.29. The summed E-state index contributed by atoms with van der Waals surface area (Å²) in [5, 5.41) is 13.6. The Hall–Kier alpha value is -2.74. The van der Waals surface area contributed by atoms with Gasteiger partial charge in [-0.2, -0.15) is 0 Å². The van der Waals surface area contributed by atoms with Crippen molar-refractivity contribution >= 4 is 39.5 Å². The number of ether oxygens (including phenoxy) is 1. The van der Waals surface area contributed by atoms with Crippen LogP contribution in [0.25, 0.3) is 0 Å². The van der Waals surface area contributed by atoms with Gasteiger partial charge >= 0.3 is 5.69 Å². The Kier molecular flexibility index (Phi) is 5.42. The molecule has 118 valence electrons. The number of halogens is 1. The number of para-hydroxylation sites is 1. The van der Waals surface area contributed by atoms with Gasteiger partial charge in [-0.1, -0.05) is 12.1 Å². The van der Waals surface area contributed by atoms with Crippen molar-refractivity contribution in [2.45, 2.75) is 0 Å². The Bertz CT molecular complexity index is 763. The molecule has 0 unspecified atom stereocenters. The van der Waals surface area contributed by atoms with Crippen LogP contribution in [0.4, 0.5) is 11.4 Å². The van der Waals surface area contributed by atoms with Gasteiger partial charge in [0, 0.05) is 16.1 Å². The molecule has 23 heavy (non-hydrogen) atoms. The Morgan fingerprint density at radius 3 is 2.70 bits per heavy atom. The molecule has 0 aliphatic heterocycles. The molecule has 2 aromatic rings. The largest absolute Gasteiger partial charge is 0.477 e. The summed E-state index contributed by atoms with van der Waals surface area (Å²) in [6.45, 7) is -0.400. The lowest BCUT2D eigenvalue weighted by molar-refractivity contribution is -0.385. The Labute approximate surface area is 139 Å². The molecular formula is C15H11BrN2O5. The number of hydrogen-bond donors (Lipinski definition) is 1. The summed E-state index contributed by atoms with van der Waals surface area (Å²) < 4.78 is 5.89. The zero-order valence-electron chi connectivity index (χ0n) is 11.7. The standard InChI is InChI=1S/C15H11BrN2O5/c16-11-3-1-2-4-12(11)17-15(20)9-23-14-6-5-10(8-19)7-13(14)18(21)22/h1-8H,9H2,(H,17,20). The highest BCUT2D eigenvalue weighted by Crippen LogP contribution is 2.27. The number of amides is 1. The van der Waals surface area contributed by atoms with Gasteiger partial charge in [0.25, 0.3) is 5.91 Å². The Morgan fingerprint density at radius 1 is 1.30 bits per heavy atom. The van der Waals surface area contributed by atoms with Crippen molar-refractivity contribution in [1.82, 2.24) is 0 Å². The van der Waals surface area contributed by atoms with E-state index >= 15 is 0 Å². The van der Waals surface area contributed by atoms with Gasteiger partial charge in [-0.05, 0) is 40.2 Å². The van der Waals surface area contributed by atoms with E-state index in [9.17, 15) is 19.7 Å². The number of carbonyl (C=O) groups excluding carboxylic acids is 2. The number of carbonyl (C=O) groups is 2. The number of rotatable bonds is 6. The van der Waals surface area contributed by atoms with E-state index in [1.54, 1.807) is 24.3 Å². The normalized spacial score (nSPS) is 9.96. The number of nitro groups is 1. The van der Waals surface area contributed by atoms with Crippen LogP contribution in [0.5, 0.6) is 5.75 Å². The van der Waals surface area contributed by atoms with Gasteiger partial charge in [0.2, 0.25) is 0 Å². The van der Waals surface area contributed by atoms with E-state index in [4.69, 9.17) is 4.74 Å². The molecule has 0 atom stereocenters. The van der Waals surface area contributed by atoms with Crippen molar-refractivity contribution in [3.63, 3.8) is 0 Å². The van der Waals surface area contributed by atoms with Crippen molar-refractivity contribution in [2.24, 2.45) is 0 Å². The number of nitrogens with zero attached hydrogens (tertiary/aromatic N) is 1. The van der Waals surface area contributed by atoms with Crippen LogP contribution in [0.1, 0.15) is 10.4 Å². The number of benzene rings is 2. The molecule has 8 heteroatoms. The first-order chi connectivity index (χ1) is 11.0. The maximum absolute atomic E-state index is 11.9. The molecule has 0 fully saturated rings. The van der Waals surface area contributed by atoms with Crippen molar-refractivity contribution < 1.29 is 19.2 Å². The van der Waals surface area contributed by atoms with Gasteiger partial charge in [-0.25, -0.2) is 0 Å². The highest BCUT2D eigenvalue weighted by molar-refractivity contribution is 9.10. The average Bonchev–Trinajstić information content (AvgIpc) is 2.54. The minimum atomic E-state index is -0.673. The SMILES string of the molecule is O=Cc1ccc(OCC(=O)Nc2ccccc2Br)c([N+](=O)[O-])c1. The van der Waals surface area contributed by atoms with Gasteiger partial charge in [0.05, 0.1) is 10.6 Å². The summed E-state index contributed by atoms with van der Waals surface area (Å²) in [6.07, 6.45) is 0.496. The first-order valence-electron chi connectivity index (χ1n) is 6.42. The van der Waals surface area contributed by atoms with E-state index in [1.807, 2.05) is 0 Å². The number of aldehydes is 1. The summed E-state index contributed by atoms with van der Waals surface area (Å²) in [6, 6.07) is 10.8. The average molecular weight is 379 g/mol. The smallest absolute Gasteiger partial charge is 0.311 e. The molecule has 0 aliphatic rings. The molecule has 7 nitrogen and oxygen atoms in total. The van der Waals surface area contributed by atoms with Crippen molar-refractivity contribution in [3.05, 3.63) is 62.6 Å². The molecule has 2 rings (SSSR count). The van der Waals surface area contributed by atoms with Gasteiger partial charge in [-0.3, -0.25) is 19.7 Å². The summed E-state index contributed by atoms with van der Waals surface area (Å²) in [5.41, 5.74) is 0.344. The first-order valence-corrected chi connectivity index (χ1v) is 7.21. The van der Waals surface area contributed by atoms with Crippen LogP contribution in [0, 0.1) is 10.1 Å². The Morgan fingerprint density at radius 2 is 2.04 bits per heavy atom. The first kappa shape index (κ1) is 16.6. The van der Waals surface area contributed by atoms with E-state index < -0.39 is 17.4 Å². The summed E-state index contributed by atoms with van der Waals surface area (Å²) in [4.78, 5) is 32.8. The lowest BCUT2D eigenvalue weighted by Crippen LogP contribution is -2.20. The van der Waals surface area contributed by atoms with E-state index in [1.165, 1.54) is 12.1 Å². The molecule has 0 bridgehead atoms. The molecule has 1 amide bonds. The van der Waals surface area contributed by atoms with Gasteiger partial charge in [0.15, 0.2) is 12.4 Å². The molecule has 2 aromatic carbocycles. The van der Waals surface area contributed by atoms with Crippen LogP contribution in [0.15, 0.2) is 46.9 Å². The number of nitro benzene ring substituents is 1. The molecule has 0 aromatic heterocycles. The zero-order chi connectivity index (χ0) is 16.8. The number of anilines is 1. The highest BCUT2D eigenvalue weighted by Gasteiger charge is 2.17. The predicted molar refractivity (Wildman–Crippen MR) is 86.8 cm³/mol. The molecule has 1 N–H and O–H groups in total. The van der Waals surface area contributed by atoms with E-state index in [0.29, 0.717) is 16.4 Å². The lowest BCUT2D eigenvalue weighted by Gasteiger charge is -2.09. The van der Waals surface area contributed by atoms with Crippen LogP contribution >= 0.6 is 15.9 Å². The fourth-order valence-corrected chi connectivity index (χ4v) is 2.15. The maximum Gasteiger partial charge on any atom is 0.311 e. The minimum Gasteiger partial charge on any atom is -0.477 e. The maximum atomic E-state index is 11.9. The van der Waals surface area contributed by atoms with Crippen molar-refractivity contribution in [3.8, 4) is 5.75 Å². The summed E-state index contributed by atoms with van der Waals surface area (Å²) in [7, 11) is 0. The molecular weight excluding hydrogens is 368 g/mol. The van der Waals surface area contributed by atoms with Gasteiger partial charge < -0.3 is 10.1 Å². The summed E-state index contributed by atoms with van der Waals surface area (Å²) in [5.74, 6) is -0.548. The number of hydrogen-bond acceptors (Lipinski definition) is 5. The van der Waals surface area contributed by atoms with E-state index in [2.05, 4.69) is 21.2 Å². The van der Waals surface area contributed by atoms with Gasteiger partial charge in [0.1, 0.15) is 6.29 Å². The third-order valence-corrected chi connectivity index (χ3v) is 3.51.